The highest BCUT2D eigenvalue weighted by Crippen LogP contribution is 2.12. The molecule has 0 aromatic heterocycles. The van der Waals surface area contributed by atoms with Crippen LogP contribution in [-0.2, 0) is 19.6 Å². The molecular formula is C7H13N3O4S2. The smallest absolute Gasteiger partial charge is 0.238 e. The van der Waals surface area contributed by atoms with Crippen molar-refractivity contribution in [1.82, 2.24) is 4.31 Å². The molecule has 16 heavy (non-hydrogen) atoms. The van der Waals surface area contributed by atoms with Crippen LogP contribution in [0.3, 0.4) is 0 Å². The Morgan fingerprint density at radius 1 is 1.50 bits per heavy atom. The van der Waals surface area contributed by atoms with Crippen LogP contribution in [0.1, 0.15) is 0 Å². The number of primary amides is 1. The molecule has 92 valence electrons. The molecule has 0 spiro atoms. The van der Waals surface area contributed by atoms with Crippen LogP contribution in [0.4, 0.5) is 0 Å². The van der Waals surface area contributed by atoms with Crippen LogP contribution >= 0.6 is 12.2 Å². The molecule has 1 fully saturated rings. The number of carbonyl (C=O) groups is 1. The molecule has 1 aliphatic rings. The molecule has 7 nitrogen and oxygen atoms in total. The molecule has 1 aliphatic heterocycles. The third-order valence-electron chi connectivity index (χ3n) is 2.09. The van der Waals surface area contributed by atoms with E-state index in [1.165, 1.54) is 0 Å². The highest BCUT2D eigenvalue weighted by molar-refractivity contribution is 7.92. The highest BCUT2D eigenvalue weighted by Gasteiger charge is 2.36. The molecule has 0 radical (unpaired) electrons. The molecule has 1 saturated heterocycles. The van der Waals surface area contributed by atoms with Crippen molar-refractivity contribution >= 4 is 33.1 Å². The van der Waals surface area contributed by atoms with Gasteiger partial charge in [0.05, 0.1) is 18.2 Å². The maximum absolute atomic E-state index is 11.8. The van der Waals surface area contributed by atoms with Gasteiger partial charge in [0.1, 0.15) is 11.8 Å². The Bertz CT molecular complexity index is 394. The standard InChI is InChI=1S/C7H13N3O4S2/c8-6(15)4-16(12,13)10-1-2-14-3-5(10)7(9)11/h5H,1-4H2,(H2,8,15)(H2,9,11). The van der Waals surface area contributed by atoms with E-state index in [0.717, 1.165) is 4.31 Å². The fourth-order valence-corrected chi connectivity index (χ4v) is 3.29. The molecule has 9 heteroatoms. The number of thiocarbonyl (C=S) groups is 1. The molecule has 0 saturated carbocycles. The number of nitrogens with zero attached hydrogens (tertiary/aromatic N) is 1. The zero-order valence-electron chi connectivity index (χ0n) is 8.46. The van der Waals surface area contributed by atoms with E-state index >= 15 is 0 Å². The van der Waals surface area contributed by atoms with E-state index < -0.39 is 27.7 Å². The molecule has 1 amide bonds. The van der Waals surface area contributed by atoms with Gasteiger partial charge in [-0.1, -0.05) is 12.2 Å². The Hall–Kier alpha value is -0.770. The van der Waals surface area contributed by atoms with E-state index in [2.05, 4.69) is 12.2 Å². The second-order valence-corrected chi connectivity index (χ2v) is 5.77. The van der Waals surface area contributed by atoms with Crippen molar-refractivity contribution in [3.05, 3.63) is 0 Å². The molecule has 0 bridgehead atoms. The first kappa shape index (κ1) is 13.3. The summed E-state index contributed by atoms with van der Waals surface area (Å²) in [5, 5.41) is 0. The van der Waals surface area contributed by atoms with Gasteiger partial charge >= 0.3 is 0 Å². The Morgan fingerprint density at radius 2 is 2.12 bits per heavy atom. The topological polar surface area (TPSA) is 116 Å². The zero-order chi connectivity index (χ0) is 12.3. The van der Waals surface area contributed by atoms with Crippen molar-refractivity contribution in [1.29, 1.82) is 0 Å². The summed E-state index contributed by atoms with van der Waals surface area (Å²) in [6.07, 6.45) is 0. The van der Waals surface area contributed by atoms with Crippen LogP contribution in [0.25, 0.3) is 0 Å². The van der Waals surface area contributed by atoms with Crippen LogP contribution in [-0.4, -0.2) is 55.2 Å². The average Bonchev–Trinajstić information content (AvgIpc) is 2.15. The van der Waals surface area contributed by atoms with Crippen molar-refractivity contribution in [2.45, 2.75) is 6.04 Å². The van der Waals surface area contributed by atoms with E-state index in [1.807, 2.05) is 0 Å². The summed E-state index contributed by atoms with van der Waals surface area (Å²) >= 11 is 4.54. The molecule has 4 N–H and O–H groups in total. The predicted molar refractivity (Wildman–Crippen MR) is 61.1 cm³/mol. The van der Waals surface area contributed by atoms with Gasteiger partial charge in [-0.2, -0.15) is 4.31 Å². The second kappa shape index (κ2) is 5.04. The van der Waals surface area contributed by atoms with Crippen LogP contribution in [0, 0.1) is 0 Å². The van der Waals surface area contributed by atoms with E-state index in [4.69, 9.17) is 16.2 Å². The first-order valence-corrected chi connectivity index (χ1v) is 6.51. The maximum atomic E-state index is 11.8. The SMILES string of the molecule is NC(=O)C1COCCN1S(=O)(=O)CC(N)=S. The van der Waals surface area contributed by atoms with Crippen molar-refractivity contribution in [2.24, 2.45) is 11.5 Å². The van der Waals surface area contributed by atoms with Gasteiger partial charge in [-0.05, 0) is 0 Å². The Balaban J connectivity index is 2.90. The lowest BCUT2D eigenvalue weighted by molar-refractivity contribution is -0.125. The van der Waals surface area contributed by atoms with Crippen molar-refractivity contribution in [2.75, 3.05) is 25.5 Å². The lowest BCUT2D eigenvalue weighted by Gasteiger charge is -2.32. The highest BCUT2D eigenvalue weighted by atomic mass is 32.2. The number of sulfonamides is 1. The average molecular weight is 267 g/mol. The minimum atomic E-state index is -3.69. The van der Waals surface area contributed by atoms with E-state index in [0.29, 0.717) is 0 Å². The Labute approximate surface area is 98.8 Å². The fraction of sp³-hybridized carbons (Fsp3) is 0.714. The molecule has 0 aromatic carbocycles. The molecule has 1 unspecified atom stereocenters. The summed E-state index contributed by atoms with van der Waals surface area (Å²) < 4.78 is 29.6. The van der Waals surface area contributed by atoms with Crippen LogP contribution in [0.2, 0.25) is 0 Å². The van der Waals surface area contributed by atoms with Gasteiger partial charge in [0, 0.05) is 6.54 Å². The van der Waals surface area contributed by atoms with Gasteiger partial charge in [0.25, 0.3) is 0 Å². The van der Waals surface area contributed by atoms with Gasteiger partial charge in [0.15, 0.2) is 0 Å². The number of rotatable bonds is 4. The summed E-state index contributed by atoms with van der Waals surface area (Å²) in [4.78, 5) is 10.9. The normalized spacial score (nSPS) is 22.9. The van der Waals surface area contributed by atoms with Crippen molar-refractivity contribution in [3.63, 3.8) is 0 Å². The first-order chi connectivity index (χ1) is 7.34. The predicted octanol–water partition coefficient (Wildman–Crippen LogP) is -2.21. The third-order valence-corrected chi connectivity index (χ3v) is 4.24. The largest absolute Gasteiger partial charge is 0.392 e. The van der Waals surface area contributed by atoms with Gasteiger partial charge in [0.2, 0.25) is 15.9 Å². The molecule has 1 heterocycles. The Morgan fingerprint density at radius 3 is 2.62 bits per heavy atom. The quantitative estimate of drug-likeness (QED) is 0.558. The van der Waals surface area contributed by atoms with E-state index in [9.17, 15) is 13.2 Å². The molecule has 0 aromatic rings. The summed E-state index contributed by atoms with van der Waals surface area (Å²) in [7, 11) is -3.69. The number of carbonyl (C=O) groups excluding carboxylic acids is 1. The van der Waals surface area contributed by atoms with Gasteiger partial charge in [-0.15, -0.1) is 0 Å². The van der Waals surface area contributed by atoms with Crippen LogP contribution in [0.15, 0.2) is 0 Å². The second-order valence-electron chi connectivity index (χ2n) is 3.33. The van der Waals surface area contributed by atoms with Crippen molar-refractivity contribution < 1.29 is 17.9 Å². The zero-order valence-corrected chi connectivity index (χ0v) is 10.1. The summed E-state index contributed by atoms with van der Waals surface area (Å²) in [5.41, 5.74) is 10.3. The van der Waals surface area contributed by atoms with Crippen molar-refractivity contribution in [3.8, 4) is 0 Å². The molecule has 0 aliphatic carbocycles. The number of nitrogens with two attached hydrogens (primary N) is 2. The molecule has 1 rings (SSSR count). The number of hydrogen-bond acceptors (Lipinski definition) is 5. The number of hydrogen-bond donors (Lipinski definition) is 2. The van der Waals surface area contributed by atoms with Gasteiger partial charge in [-0.3, -0.25) is 4.79 Å². The molecule has 1 atom stereocenters. The maximum Gasteiger partial charge on any atom is 0.238 e. The minimum absolute atomic E-state index is 0.0358. The van der Waals surface area contributed by atoms with E-state index in [-0.39, 0.29) is 24.7 Å². The lowest BCUT2D eigenvalue weighted by atomic mass is 10.3. The third kappa shape index (κ3) is 3.11. The lowest BCUT2D eigenvalue weighted by Crippen LogP contribution is -2.55. The summed E-state index contributed by atoms with van der Waals surface area (Å²) in [5.74, 6) is -1.21. The number of amides is 1. The van der Waals surface area contributed by atoms with Crippen LogP contribution in [0.5, 0.6) is 0 Å². The first-order valence-electron chi connectivity index (χ1n) is 4.49. The molecular weight excluding hydrogens is 254 g/mol. The fourth-order valence-electron chi connectivity index (χ4n) is 1.41. The summed E-state index contributed by atoms with van der Waals surface area (Å²) in [6, 6.07) is -0.979. The minimum Gasteiger partial charge on any atom is -0.392 e. The summed E-state index contributed by atoms with van der Waals surface area (Å²) in [6.45, 7) is 0.269. The van der Waals surface area contributed by atoms with Gasteiger partial charge < -0.3 is 16.2 Å². The number of ether oxygens (including phenoxy) is 1. The number of morpholine rings is 1. The monoisotopic (exact) mass is 267 g/mol. The van der Waals surface area contributed by atoms with Gasteiger partial charge in [-0.25, -0.2) is 8.42 Å². The van der Waals surface area contributed by atoms with Crippen LogP contribution < -0.4 is 11.5 Å². The van der Waals surface area contributed by atoms with E-state index in [1.54, 1.807) is 0 Å². The Kier molecular flexibility index (Phi) is 4.19.